The van der Waals surface area contributed by atoms with Crippen LogP contribution in [-0.2, 0) is 0 Å². The van der Waals surface area contributed by atoms with Gasteiger partial charge in [0.05, 0.1) is 5.69 Å². The van der Waals surface area contributed by atoms with E-state index in [1.165, 1.54) is 38.5 Å². The van der Waals surface area contributed by atoms with Gasteiger partial charge in [0.2, 0.25) is 0 Å². The Morgan fingerprint density at radius 3 is 2.63 bits per heavy atom. The van der Waals surface area contributed by atoms with E-state index in [1.54, 1.807) is 0 Å². The quantitative estimate of drug-likeness (QED) is 0.888. The minimum absolute atomic E-state index is 0.235. The van der Waals surface area contributed by atoms with Crippen LogP contribution in [0.4, 0.5) is 0 Å². The summed E-state index contributed by atoms with van der Waals surface area (Å²) >= 11 is 0. The molecule has 1 aromatic heterocycles. The Labute approximate surface area is 115 Å². The first kappa shape index (κ1) is 12.9. The van der Waals surface area contributed by atoms with Crippen molar-refractivity contribution in [2.24, 2.45) is 11.1 Å². The summed E-state index contributed by atoms with van der Waals surface area (Å²) in [4.78, 5) is 4.31. The molecule has 2 saturated carbocycles. The molecule has 19 heavy (non-hydrogen) atoms. The van der Waals surface area contributed by atoms with Crippen LogP contribution in [0.1, 0.15) is 50.6 Å². The van der Waals surface area contributed by atoms with E-state index in [4.69, 9.17) is 10.5 Å². The molecule has 2 atom stereocenters. The van der Waals surface area contributed by atoms with Crippen molar-refractivity contribution in [1.82, 2.24) is 4.98 Å². The van der Waals surface area contributed by atoms with Gasteiger partial charge in [-0.25, -0.2) is 0 Å². The Kier molecular flexibility index (Phi) is 3.48. The molecule has 0 aliphatic heterocycles. The summed E-state index contributed by atoms with van der Waals surface area (Å²) in [5, 5.41) is 0. The molecule has 2 aliphatic carbocycles. The summed E-state index contributed by atoms with van der Waals surface area (Å²) in [5.41, 5.74) is 7.56. The molecule has 0 amide bonds. The zero-order chi connectivity index (χ0) is 13.3. The van der Waals surface area contributed by atoms with Crippen LogP contribution in [0.25, 0.3) is 0 Å². The maximum atomic E-state index is 6.34. The highest BCUT2D eigenvalue weighted by Gasteiger charge is 2.54. The molecule has 0 aromatic carbocycles. The average molecular weight is 260 g/mol. The van der Waals surface area contributed by atoms with Gasteiger partial charge in [0, 0.05) is 24.1 Å². The van der Waals surface area contributed by atoms with Gasteiger partial charge in [-0.2, -0.15) is 0 Å². The van der Waals surface area contributed by atoms with Crippen LogP contribution in [0, 0.1) is 12.3 Å². The molecule has 0 radical (unpaired) electrons. The van der Waals surface area contributed by atoms with Crippen molar-refractivity contribution in [3.8, 4) is 5.75 Å². The second kappa shape index (κ2) is 5.12. The molecule has 0 bridgehead atoms. The van der Waals surface area contributed by atoms with Crippen molar-refractivity contribution in [3.05, 3.63) is 24.0 Å². The molecule has 3 rings (SSSR count). The van der Waals surface area contributed by atoms with Crippen LogP contribution in [0.5, 0.6) is 5.75 Å². The number of hydrogen-bond donors (Lipinski definition) is 1. The van der Waals surface area contributed by atoms with Gasteiger partial charge < -0.3 is 10.5 Å². The van der Waals surface area contributed by atoms with Crippen molar-refractivity contribution in [2.45, 2.75) is 64.0 Å². The first-order chi connectivity index (χ1) is 9.22. The molecular weight excluding hydrogens is 236 g/mol. The number of aromatic nitrogens is 1. The normalized spacial score (nSPS) is 29.6. The predicted molar refractivity (Wildman–Crippen MR) is 76.1 cm³/mol. The third kappa shape index (κ3) is 2.25. The Morgan fingerprint density at radius 2 is 2.00 bits per heavy atom. The second-order valence-corrected chi connectivity index (χ2v) is 6.18. The highest BCUT2D eigenvalue weighted by molar-refractivity contribution is 5.27. The lowest BCUT2D eigenvalue weighted by Crippen LogP contribution is -2.63. The van der Waals surface area contributed by atoms with Gasteiger partial charge in [0.15, 0.2) is 0 Å². The van der Waals surface area contributed by atoms with Crippen LogP contribution in [0.15, 0.2) is 18.3 Å². The van der Waals surface area contributed by atoms with Crippen LogP contribution in [0.3, 0.4) is 0 Å². The van der Waals surface area contributed by atoms with E-state index >= 15 is 0 Å². The lowest BCUT2D eigenvalue weighted by Gasteiger charge is -2.54. The maximum absolute atomic E-state index is 6.34. The number of nitrogens with zero attached hydrogens (tertiary/aromatic N) is 1. The molecule has 3 nitrogen and oxygen atoms in total. The Bertz CT molecular complexity index is 438. The van der Waals surface area contributed by atoms with Gasteiger partial charge >= 0.3 is 0 Å². The largest absolute Gasteiger partial charge is 0.488 e. The van der Waals surface area contributed by atoms with E-state index in [-0.39, 0.29) is 5.41 Å². The van der Waals surface area contributed by atoms with Crippen LogP contribution < -0.4 is 10.5 Å². The number of ether oxygens (including phenoxy) is 1. The van der Waals surface area contributed by atoms with Crippen LogP contribution in [0.2, 0.25) is 0 Å². The summed E-state index contributed by atoms with van der Waals surface area (Å²) in [6.45, 7) is 2.01. The van der Waals surface area contributed by atoms with Crippen molar-refractivity contribution in [1.29, 1.82) is 0 Å². The van der Waals surface area contributed by atoms with Gasteiger partial charge in [0.1, 0.15) is 11.9 Å². The lowest BCUT2D eigenvalue weighted by atomic mass is 9.58. The van der Waals surface area contributed by atoms with Crippen molar-refractivity contribution >= 4 is 0 Å². The lowest BCUT2D eigenvalue weighted by molar-refractivity contribution is -0.0774. The second-order valence-electron chi connectivity index (χ2n) is 6.18. The fourth-order valence-corrected chi connectivity index (χ4v) is 3.77. The molecule has 2 unspecified atom stereocenters. The summed E-state index contributed by atoms with van der Waals surface area (Å²) < 4.78 is 6.26. The minimum atomic E-state index is 0.235. The van der Waals surface area contributed by atoms with Crippen LogP contribution >= 0.6 is 0 Å². The summed E-state index contributed by atoms with van der Waals surface area (Å²) in [5.74, 6) is 0.933. The summed E-state index contributed by atoms with van der Waals surface area (Å²) in [7, 11) is 0. The molecule has 2 fully saturated rings. The molecule has 1 spiro atoms. The Hall–Kier alpha value is -1.09. The molecule has 2 aliphatic rings. The maximum Gasteiger partial charge on any atom is 0.140 e. The average Bonchev–Trinajstić information content (AvgIpc) is 2.68. The third-order valence-electron chi connectivity index (χ3n) is 5.11. The number of hydrogen-bond acceptors (Lipinski definition) is 3. The molecule has 104 valence electrons. The highest BCUT2D eigenvalue weighted by atomic mass is 16.5. The van der Waals surface area contributed by atoms with E-state index < -0.39 is 0 Å². The first-order valence-electron chi connectivity index (χ1n) is 7.56. The number of pyridine rings is 1. The Balaban J connectivity index is 1.76. The number of aryl methyl sites for hydroxylation is 1. The predicted octanol–water partition coefficient (Wildman–Crippen LogP) is 3.21. The van der Waals surface area contributed by atoms with E-state index in [9.17, 15) is 0 Å². The van der Waals surface area contributed by atoms with Gasteiger partial charge in [-0.05, 0) is 31.9 Å². The van der Waals surface area contributed by atoms with Gasteiger partial charge in [0.25, 0.3) is 0 Å². The molecule has 3 heteroatoms. The van der Waals surface area contributed by atoms with Gasteiger partial charge in [-0.1, -0.05) is 25.7 Å². The number of nitrogens with two attached hydrogens (primary N) is 1. The fraction of sp³-hybridized carbons (Fsp3) is 0.688. The summed E-state index contributed by atoms with van der Waals surface area (Å²) in [6.07, 6.45) is 10.9. The van der Waals surface area contributed by atoms with Crippen molar-refractivity contribution in [2.75, 3.05) is 0 Å². The third-order valence-corrected chi connectivity index (χ3v) is 5.11. The zero-order valence-corrected chi connectivity index (χ0v) is 11.8. The smallest absolute Gasteiger partial charge is 0.140 e. The minimum Gasteiger partial charge on any atom is -0.488 e. The van der Waals surface area contributed by atoms with E-state index in [0.717, 1.165) is 17.9 Å². The molecule has 2 N–H and O–H groups in total. The Morgan fingerprint density at radius 1 is 1.26 bits per heavy atom. The molecule has 0 saturated heterocycles. The SMILES string of the molecule is Cc1ncccc1OC1CC(N)C12CCCCCC2. The first-order valence-corrected chi connectivity index (χ1v) is 7.56. The fourth-order valence-electron chi connectivity index (χ4n) is 3.77. The van der Waals surface area contributed by atoms with E-state index in [2.05, 4.69) is 4.98 Å². The molecule has 1 heterocycles. The van der Waals surface area contributed by atoms with E-state index in [0.29, 0.717) is 12.1 Å². The number of rotatable bonds is 2. The monoisotopic (exact) mass is 260 g/mol. The van der Waals surface area contributed by atoms with Gasteiger partial charge in [-0.3, -0.25) is 4.98 Å². The standard InChI is InChI=1S/C16H24N2O/c1-12-13(7-6-10-18-12)19-15-11-14(17)16(15)8-4-2-3-5-9-16/h6-7,10,14-15H,2-5,8-9,11,17H2,1H3. The topological polar surface area (TPSA) is 48.1 Å². The van der Waals surface area contributed by atoms with Crippen molar-refractivity contribution < 1.29 is 4.74 Å². The van der Waals surface area contributed by atoms with E-state index in [1.807, 2.05) is 25.3 Å². The summed E-state index contributed by atoms with van der Waals surface area (Å²) in [6, 6.07) is 4.30. The molecule has 1 aromatic rings. The van der Waals surface area contributed by atoms with Crippen LogP contribution in [-0.4, -0.2) is 17.1 Å². The van der Waals surface area contributed by atoms with Crippen molar-refractivity contribution in [3.63, 3.8) is 0 Å². The zero-order valence-electron chi connectivity index (χ0n) is 11.8. The van der Waals surface area contributed by atoms with Gasteiger partial charge in [-0.15, -0.1) is 0 Å². The molecular formula is C16H24N2O. The highest BCUT2D eigenvalue weighted by Crippen LogP contribution is 2.51.